The molecule has 2 atom stereocenters. The van der Waals surface area contributed by atoms with Crippen molar-refractivity contribution < 1.29 is 22.7 Å². The molecule has 9 nitrogen and oxygen atoms in total. The lowest BCUT2D eigenvalue weighted by atomic mass is 10.1. The molecule has 2 fully saturated rings. The Morgan fingerprint density at radius 1 is 1.08 bits per heavy atom. The molecule has 1 aromatic carbocycles. The monoisotopic (exact) mass is 524 g/mol. The van der Waals surface area contributed by atoms with Gasteiger partial charge in [0, 0.05) is 46.8 Å². The number of rotatable bonds is 12. The molecule has 10 heteroatoms. The first kappa shape index (κ1) is 28.8. The van der Waals surface area contributed by atoms with Crippen molar-refractivity contribution >= 4 is 15.9 Å². The Bertz CT molecular complexity index is 979. The number of nitrogens with zero attached hydrogens (tertiary/aromatic N) is 4. The summed E-state index contributed by atoms with van der Waals surface area (Å²) < 4.78 is 38.3. The maximum Gasteiger partial charge on any atom is 0.248 e. The number of likely N-dealkylation sites (N-methyl/N-ethyl adjacent to an activating group) is 2. The van der Waals surface area contributed by atoms with Crippen molar-refractivity contribution in [2.45, 2.75) is 31.6 Å². The van der Waals surface area contributed by atoms with E-state index >= 15 is 0 Å². The van der Waals surface area contributed by atoms with Crippen LogP contribution in [0.15, 0.2) is 17.0 Å². The summed E-state index contributed by atoms with van der Waals surface area (Å²) in [6.45, 7) is 10.2. The molecule has 1 amide bonds. The van der Waals surface area contributed by atoms with Gasteiger partial charge in [-0.05, 0) is 81.9 Å². The van der Waals surface area contributed by atoms with Gasteiger partial charge in [0.1, 0.15) is 12.4 Å². The average molecular weight is 525 g/mol. The van der Waals surface area contributed by atoms with Gasteiger partial charge in [-0.15, -0.1) is 0 Å². The van der Waals surface area contributed by atoms with Crippen LogP contribution in [0.25, 0.3) is 0 Å². The zero-order valence-electron chi connectivity index (χ0n) is 22.8. The van der Waals surface area contributed by atoms with E-state index in [9.17, 15) is 13.2 Å². The van der Waals surface area contributed by atoms with Crippen molar-refractivity contribution in [3.05, 3.63) is 23.3 Å². The van der Waals surface area contributed by atoms with Crippen LogP contribution in [0.5, 0.6) is 5.75 Å². The zero-order valence-corrected chi connectivity index (χ0v) is 23.6. The highest BCUT2D eigenvalue weighted by Crippen LogP contribution is 2.27. The van der Waals surface area contributed by atoms with Gasteiger partial charge in [-0.25, -0.2) is 8.42 Å². The van der Waals surface area contributed by atoms with Crippen LogP contribution in [0.4, 0.5) is 0 Å². The van der Waals surface area contributed by atoms with E-state index < -0.39 is 10.0 Å². The van der Waals surface area contributed by atoms with Gasteiger partial charge in [0.25, 0.3) is 0 Å². The number of hydrogen-bond donors (Lipinski definition) is 0. The van der Waals surface area contributed by atoms with Gasteiger partial charge in [0.2, 0.25) is 15.9 Å². The van der Waals surface area contributed by atoms with Crippen LogP contribution in [-0.4, -0.2) is 121 Å². The number of carbonyl (C=O) groups is 1. The predicted molar refractivity (Wildman–Crippen MR) is 141 cm³/mol. The molecular weight excluding hydrogens is 480 g/mol. The average Bonchev–Trinajstić information content (AvgIpc) is 3.43. The van der Waals surface area contributed by atoms with Gasteiger partial charge in [0.15, 0.2) is 0 Å². The third-order valence-electron chi connectivity index (χ3n) is 7.45. The quantitative estimate of drug-likeness (QED) is 0.385. The molecule has 2 saturated heterocycles. The van der Waals surface area contributed by atoms with E-state index in [4.69, 9.17) is 9.47 Å². The highest BCUT2D eigenvalue weighted by atomic mass is 32.2. The Morgan fingerprint density at radius 3 is 2.36 bits per heavy atom. The van der Waals surface area contributed by atoms with Crippen molar-refractivity contribution in [3.8, 4) is 5.75 Å². The van der Waals surface area contributed by atoms with Crippen molar-refractivity contribution in [1.82, 2.24) is 19.0 Å². The molecule has 1 aromatic rings. The summed E-state index contributed by atoms with van der Waals surface area (Å²) in [7, 11) is 3.43. The second-order valence-electron chi connectivity index (χ2n) is 10.6. The fourth-order valence-corrected chi connectivity index (χ4v) is 6.99. The SMILES string of the molecule is COc1cc(C)c(S(=O)(=O)N(C)CCOCC(=O)N(C)CC2CCN(CC3CCN(C)C3)C2)c(C)c1. The van der Waals surface area contributed by atoms with E-state index in [2.05, 4.69) is 16.8 Å². The molecule has 2 aliphatic heterocycles. The molecule has 0 spiro atoms. The third kappa shape index (κ3) is 7.41. The summed E-state index contributed by atoms with van der Waals surface area (Å²) in [5.41, 5.74) is 1.27. The lowest BCUT2D eigenvalue weighted by Crippen LogP contribution is -2.37. The van der Waals surface area contributed by atoms with Gasteiger partial charge < -0.3 is 24.2 Å². The van der Waals surface area contributed by atoms with E-state index in [1.807, 2.05) is 7.05 Å². The standard InChI is InChI=1S/C26H44N4O5S/c1-20-13-24(34-6)14-21(2)26(20)36(32,33)29(5)11-12-35-19-25(31)28(4)16-23-8-10-30(18-23)17-22-7-9-27(3)15-22/h13-14,22-23H,7-12,15-19H2,1-6H3. The first-order valence-electron chi connectivity index (χ1n) is 12.9. The Kier molecular flexibility index (Phi) is 10.2. The van der Waals surface area contributed by atoms with Gasteiger partial charge >= 0.3 is 0 Å². The molecule has 3 rings (SSSR count). The van der Waals surface area contributed by atoms with E-state index in [1.165, 1.54) is 30.9 Å². The van der Waals surface area contributed by atoms with Crippen molar-refractivity contribution in [1.29, 1.82) is 0 Å². The molecule has 0 bridgehead atoms. The molecule has 2 unspecified atom stereocenters. The number of carbonyl (C=O) groups excluding carboxylic acids is 1. The summed E-state index contributed by atoms with van der Waals surface area (Å²) in [6, 6.07) is 3.44. The van der Waals surface area contributed by atoms with E-state index in [1.54, 1.807) is 38.0 Å². The topological polar surface area (TPSA) is 82.6 Å². The number of amides is 1. The zero-order chi connectivity index (χ0) is 26.5. The molecule has 0 aromatic heterocycles. The van der Waals surface area contributed by atoms with E-state index in [-0.39, 0.29) is 30.6 Å². The fourth-order valence-electron chi connectivity index (χ4n) is 5.43. The van der Waals surface area contributed by atoms with Crippen LogP contribution in [0.2, 0.25) is 0 Å². The highest BCUT2D eigenvalue weighted by molar-refractivity contribution is 7.89. The second kappa shape index (κ2) is 12.7. The lowest BCUT2D eigenvalue weighted by Gasteiger charge is -2.23. The molecule has 36 heavy (non-hydrogen) atoms. The van der Waals surface area contributed by atoms with Crippen LogP contribution < -0.4 is 4.74 Å². The largest absolute Gasteiger partial charge is 0.497 e. The van der Waals surface area contributed by atoms with Gasteiger partial charge in [-0.3, -0.25) is 4.79 Å². The van der Waals surface area contributed by atoms with Crippen LogP contribution in [-0.2, 0) is 19.6 Å². The number of methoxy groups -OCH3 is 1. The number of benzene rings is 1. The summed E-state index contributed by atoms with van der Waals surface area (Å²) >= 11 is 0. The molecule has 0 N–H and O–H groups in total. The third-order valence-corrected chi connectivity index (χ3v) is 9.61. The summed E-state index contributed by atoms with van der Waals surface area (Å²) in [5, 5.41) is 0. The minimum atomic E-state index is -3.68. The van der Waals surface area contributed by atoms with Crippen molar-refractivity contribution in [2.24, 2.45) is 11.8 Å². The molecule has 0 radical (unpaired) electrons. The maximum absolute atomic E-state index is 13.1. The van der Waals surface area contributed by atoms with Crippen molar-refractivity contribution in [3.63, 3.8) is 0 Å². The number of likely N-dealkylation sites (tertiary alicyclic amines) is 2. The van der Waals surface area contributed by atoms with Crippen LogP contribution in [0.1, 0.15) is 24.0 Å². The predicted octanol–water partition coefficient (Wildman–Crippen LogP) is 1.68. The minimum Gasteiger partial charge on any atom is -0.497 e. The number of hydrogen-bond acceptors (Lipinski definition) is 7. The summed E-state index contributed by atoms with van der Waals surface area (Å²) in [5.74, 6) is 1.81. The number of aryl methyl sites for hydroxylation is 2. The number of sulfonamides is 1. The van der Waals surface area contributed by atoms with E-state index in [0.717, 1.165) is 38.5 Å². The molecule has 2 heterocycles. The Balaban J connectivity index is 1.38. The molecular formula is C26H44N4O5S. The first-order chi connectivity index (χ1) is 17.0. The Hall–Kier alpha value is -1.72. The molecule has 204 valence electrons. The van der Waals surface area contributed by atoms with Gasteiger partial charge in [-0.1, -0.05) is 0 Å². The summed E-state index contributed by atoms with van der Waals surface area (Å²) in [6.07, 6.45) is 2.40. The van der Waals surface area contributed by atoms with Gasteiger partial charge in [-0.2, -0.15) is 4.31 Å². The Morgan fingerprint density at radius 2 is 1.75 bits per heavy atom. The minimum absolute atomic E-state index is 0.0458. The fraction of sp³-hybridized carbons (Fsp3) is 0.731. The van der Waals surface area contributed by atoms with Crippen LogP contribution in [0.3, 0.4) is 0 Å². The molecule has 2 aliphatic rings. The first-order valence-corrected chi connectivity index (χ1v) is 14.3. The van der Waals surface area contributed by atoms with Crippen LogP contribution in [0, 0.1) is 25.7 Å². The second-order valence-corrected chi connectivity index (χ2v) is 12.6. The van der Waals surface area contributed by atoms with Gasteiger partial charge in [0.05, 0.1) is 18.6 Å². The molecule has 0 aliphatic carbocycles. The Labute approximate surface area is 217 Å². The lowest BCUT2D eigenvalue weighted by molar-refractivity contribution is -0.135. The van der Waals surface area contributed by atoms with Crippen molar-refractivity contribution in [2.75, 3.05) is 87.3 Å². The maximum atomic E-state index is 13.1. The van der Waals surface area contributed by atoms with Crippen LogP contribution >= 0.6 is 0 Å². The smallest absolute Gasteiger partial charge is 0.248 e. The summed E-state index contributed by atoms with van der Waals surface area (Å²) in [4.78, 5) is 19.6. The highest BCUT2D eigenvalue weighted by Gasteiger charge is 2.29. The molecule has 0 saturated carbocycles. The van der Waals surface area contributed by atoms with E-state index in [0.29, 0.717) is 22.8 Å². The normalized spacial score (nSPS) is 21.4. The number of ether oxygens (including phenoxy) is 2.